The van der Waals surface area contributed by atoms with Crippen LogP contribution in [0.15, 0.2) is 42.5 Å². The number of likely N-dealkylation sites (tertiary alicyclic amines) is 1. The van der Waals surface area contributed by atoms with E-state index >= 15 is 0 Å². The fourth-order valence-electron chi connectivity index (χ4n) is 5.86. The molecule has 0 spiro atoms. The Kier molecular flexibility index (Phi) is 8.97. The average Bonchev–Trinajstić information content (AvgIpc) is 3.25. The number of hydrogen-bond donors (Lipinski definition) is 0. The summed E-state index contributed by atoms with van der Waals surface area (Å²) in [7, 11) is 2.09. The van der Waals surface area contributed by atoms with Gasteiger partial charge in [-0.25, -0.2) is 0 Å². The van der Waals surface area contributed by atoms with Crippen molar-refractivity contribution in [3.63, 3.8) is 0 Å². The number of halogens is 2. The smallest absolute Gasteiger partial charge is 0.253 e. The average molecular weight is 531 g/mol. The van der Waals surface area contributed by atoms with Crippen molar-refractivity contribution in [2.45, 2.75) is 51.0 Å². The molecule has 2 aromatic carbocycles. The summed E-state index contributed by atoms with van der Waals surface area (Å²) >= 11 is 6.70. The van der Waals surface area contributed by atoms with E-state index in [0.717, 1.165) is 74.2 Å². The highest BCUT2D eigenvalue weighted by atomic mass is 35.5. The molecular weight excluding hydrogens is 493 g/mol. The molecule has 5 nitrogen and oxygen atoms in total. The van der Waals surface area contributed by atoms with Crippen LogP contribution in [0, 0.1) is 5.92 Å². The van der Waals surface area contributed by atoms with Gasteiger partial charge >= 0.3 is 0 Å². The molecule has 2 saturated heterocycles. The summed E-state index contributed by atoms with van der Waals surface area (Å²) in [5.41, 5.74) is 3.83. The molecule has 2 heterocycles. The molecule has 0 aromatic heterocycles. The van der Waals surface area contributed by atoms with Gasteiger partial charge in [0, 0.05) is 55.3 Å². The fourth-order valence-corrected chi connectivity index (χ4v) is 6.12. The van der Waals surface area contributed by atoms with E-state index in [-0.39, 0.29) is 24.2 Å². The standard InChI is InChI=1S/C29H36ClN3O2.ClH/c1-31-15-17-32(18-16-31)28(34)22-9-7-21(8-10-22)23-11-12-24(27(30)20-23)19-25-13-14-33(29(25)35)26-5-3-2-4-6-26;/h7-12,20,25-26H,2-6,13-19H2,1H3;1H. The molecule has 36 heavy (non-hydrogen) atoms. The van der Waals surface area contributed by atoms with Gasteiger partial charge in [0.1, 0.15) is 0 Å². The molecule has 3 fully saturated rings. The lowest BCUT2D eigenvalue weighted by Crippen LogP contribution is -2.47. The third kappa shape index (κ3) is 5.90. The molecule has 1 saturated carbocycles. The second kappa shape index (κ2) is 12.0. The molecule has 1 aliphatic carbocycles. The minimum Gasteiger partial charge on any atom is -0.339 e. The highest BCUT2D eigenvalue weighted by molar-refractivity contribution is 6.31. The number of likely N-dealkylation sites (N-methyl/N-ethyl adjacent to an activating group) is 1. The van der Waals surface area contributed by atoms with Crippen LogP contribution < -0.4 is 0 Å². The monoisotopic (exact) mass is 529 g/mol. The molecule has 7 heteroatoms. The van der Waals surface area contributed by atoms with Crippen LogP contribution in [0.25, 0.3) is 11.1 Å². The van der Waals surface area contributed by atoms with E-state index in [4.69, 9.17) is 11.6 Å². The number of benzene rings is 2. The van der Waals surface area contributed by atoms with Crippen LogP contribution >= 0.6 is 24.0 Å². The van der Waals surface area contributed by atoms with Crippen molar-refractivity contribution in [1.29, 1.82) is 0 Å². The molecular formula is C29H37Cl2N3O2. The number of amides is 2. The molecule has 1 atom stereocenters. The van der Waals surface area contributed by atoms with Crippen LogP contribution in [0.5, 0.6) is 0 Å². The highest BCUT2D eigenvalue weighted by Crippen LogP contribution is 2.33. The number of rotatable bonds is 5. The molecule has 0 bridgehead atoms. The van der Waals surface area contributed by atoms with Crippen molar-refractivity contribution < 1.29 is 9.59 Å². The highest BCUT2D eigenvalue weighted by Gasteiger charge is 2.36. The molecule has 2 amide bonds. The Morgan fingerprint density at radius 1 is 0.889 bits per heavy atom. The maximum absolute atomic E-state index is 13.1. The van der Waals surface area contributed by atoms with Crippen molar-refractivity contribution in [2.24, 2.45) is 5.92 Å². The van der Waals surface area contributed by atoms with Crippen molar-refractivity contribution in [1.82, 2.24) is 14.7 Å². The van der Waals surface area contributed by atoms with Gasteiger partial charge < -0.3 is 14.7 Å². The van der Waals surface area contributed by atoms with Gasteiger partial charge in [0.25, 0.3) is 5.91 Å². The maximum atomic E-state index is 13.1. The van der Waals surface area contributed by atoms with Crippen molar-refractivity contribution >= 4 is 35.8 Å². The minimum absolute atomic E-state index is 0. The number of nitrogens with zero attached hydrogens (tertiary/aromatic N) is 3. The maximum Gasteiger partial charge on any atom is 0.253 e. The van der Waals surface area contributed by atoms with E-state index in [9.17, 15) is 9.59 Å². The quantitative estimate of drug-likeness (QED) is 0.510. The first-order valence-electron chi connectivity index (χ1n) is 13.2. The van der Waals surface area contributed by atoms with E-state index in [0.29, 0.717) is 23.4 Å². The van der Waals surface area contributed by atoms with Crippen LogP contribution in [0.2, 0.25) is 5.02 Å². The zero-order valence-electron chi connectivity index (χ0n) is 21.1. The van der Waals surface area contributed by atoms with Crippen LogP contribution in [0.4, 0.5) is 0 Å². The summed E-state index contributed by atoms with van der Waals surface area (Å²) in [5, 5.41) is 0.712. The summed E-state index contributed by atoms with van der Waals surface area (Å²) < 4.78 is 0. The summed E-state index contributed by atoms with van der Waals surface area (Å²) in [6.07, 6.45) is 7.76. The molecule has 3 aliphatic rings. The number of hydrogen-bond acceptors (Lipinski definition) is 3. The van der Waals surface area contributed by atoms with Gasteiger partial charge in [-0.1, -0.05) is 55.1 Å². The van der Waals surface area contributed by atoms with Crippen molar-refractivity contribution in [3.8, 4) is 11.1 Å². The van der Waals surface area contributed by atoms with Gasteiger partial charge in [-0.2, -0.15) is 0 Å². The summed E-state index contributed by atoms with van der Waals surface area (Å²) in [6, 6.07) is 14.4. The second-order valence-corrected chi connectivity index (χ2v) is 10.9. The van der Waals surface area contributed by atoms with Crippen LogP contribution in [-0.2, 0) is 11.2 Å². The Labute approximate surface area is 226 Å². The molecule has 2 aromatic rings. The molecule has 2 aliphatic heterocycles. The van der Waals surface area contributed by atoms with Crippen LogP contribution in [-0.4, -0.2) is 72.3 Å². The Bertz CT molecular complexity index is 1060. The third-order valence-corrected chi connectivity index (χ3v) is 8.49. The van der Waals surface area contributed by atoms with E-state index in [2.05, 4.69) is 29.0 Å². The predicted molar refractivity (Wildman–Crippen MR) is 148 cm³/mol. The molecule has 0 N–H and O–H groups in total. The van der Waals surface area contributed by atoms with Crippen molar-refractivity contribution in [3.05, 3.63) is 58.6 Å². The van der Waals surface area contributed by atoms with Gasteiger partial charge in [-0.15, -0.1) is 12.4 Å². The Hall–Kier alpha value is -2.08. The van der Waals surface area contributed by atoms with E-state index in [1.165, 1.54) is 19.3 Å². The van der Waals surface area contributed by atoms with E-state index in [1.807, 2.05) is 35.2 Å². The largest absolute Gasteiger partial charge is 0.339 e. The van der Waals surface area contributed by atoms with Crippen LogP contribution in [0.3, 0.4) is 0 Å². The Morgan fingerprint density at radius 3 is 2.22 bits per heavy atom. The first-order valence-corrected chi connectivity index (χ1v) is 13.5. The number of piperazine rings is 1. The van der Waals surface area contributed by atoms with Gasteiger partial charge in [-0.3, -0.25) is 9.59 Å². The van der Waals surface area contributed by atoms with Gasteiger partial charge in [-0.05, 0) is 67.6 Å². The van der Waals surface area contributed by atoms with Gasteiger partial charge in [0.2, 0.25) is 5.91 Å². The zero-order valence-corrected chi connectivity index (χ0v) is 22.7. The minimum atomic E-state index is 0. The van der Waals surface area contributed by atoms with Gasteiger partial charge in [0.15, 0.2) is 0 Å². The lowest BCUT2D eigenvalue weighted by atomic mass is 9.93. The molecule has 5 rings (SSSR count). The van der Waals surface area contributed by atoms with Gasteiger partial charge in [0.05, 0.1) is 0 Å². The van der Waals surface area contributed by atoms with E-state index < -0.39 is 0 Å². The zero-order chi connectivity index (χ0) is 24.4. The second-order valence-electron chi connectivity index (χ2n) is 10.5. The lowest BCUT2D eigenvalue weighted by Gasteiger charge is -2.32. The number of carbonyl (C=O) groups excluding carboxylic acids is 2. The molecule has 0 radical (unpaired) electrons. The van der Waals surface area contributed by atoms with Crippen LogP contribution in [0.1, 0.15) is 54.4 Å². The SMILES string of the molecule is CN1CCN(C(=O)c2ccc(-c3ccc(CC4CCN(C5CCCCC5)C4=O)c(Cl)c3)cc2)CC1.Cl. The lowest BCUT2D eigenvalue weighted by molar-refractivity contribution is -0.133. The van der Waals surface area contributed by atoms with E-state index in [1.54, 1.807) is 0 Å². The van der Waals surface area contributed by atoms with Crippen molar-refractivity contribution in [2.75, 3.05) is 39.8 Å². The summed E-state index contributed by atoms with van der Waals surface area (Å²) in [5.74, 6) is 0.458. The Morgan fingerprint density at radius 2 is 1.56 bits per heavy atom. The summed E-state index contributed by atoms with van der Waals surface area (Å²) in [6.45, 7) is 4.27. The fraction of sp³-hybridized carbons (Fsp3) is 0.517. The first kappa shape index (κ1) is 27.0. The number of carbonyl (C=O) groups is 2. The molecule has 1 unspecified atom stereocenters. The topological polar surface area (TPSA) is 43.9 Å². The normalized spacial score (nSPS) is 21.5. The summed E-state index contributed by atoms with van der Waals surface area (Å²) in [4.78, 5) is 32.2. The predicted octanol–water partition coefficient (Wildman–Crippen LogP) is 5.54. The third-order valence-electron chi connectivity index (χ3n) is 8.14. The Balaban J connectivity index is 0.00000304. The molecule has 194 valence electrons. The first-order chi connectivity index (χ1) is 17.0.